The van der Waals surface area contributed by atoms with Crippen molar-refractivity contribution in [1.29, 1.82) is 0 Å². The van der Waals surface area contributed by atoms with Crippen molar-refractivity contribution >= 4 is 11.7 Å². The first kappa shape index (κ1) is 16.2. The van der Waals surface area contributed by atoms with Gasteiger partial charge in [0.05, 0.1) is 11.7 Å². The quantitative estimate of drug-likeness (QED) is 0.927. The first-order chi connectivity index (χ1) is 11.2. The van der Waals surface area contributed by atoms with Crippen LogP contribution in [0.25, 0.3) is 0 Å². The fourth-order valence-electron chi connectivity index (χ4n) is 3.49. The molecule has 1 amide bonds. The third-order valence-electron chi connectivity index (χ3n) is 5.15. The van der Waals surface area contributed by atoms with Crippen LogP contribution in [-0.2, 0) is 4.74 Å². The van der Waals surface area contributed by atoms with Gasteiger partial charge in [0.1, 0.15) is 5.82 Å². The van der Waals surface area contributed by atoms with Gasteiger partial charge in [0, 0.05) is 32.4 Å². The van der Waals surface area contributed by atoms with E-state index in [0.29, 0.717) is 17.7 Å². The van der Waals surface area contributed by atoms with Crippen molar-refractivity contribution < 1.29 is 9.53 Å². The van der Waals surface area contributed by atoms with Crippen LogP contribution in [0.4, 0.5) is 5.82 Å². The SMILES string of the molecule is COC1CCC(Nc2ccc(C(=O)N3CCC(C)CC3)cn2)C1. The maximum absolute atomic E-state index is 12.5. The number of anilines is 1. The fourth-order valence-corrected chi connectivity index (χ4v) is 3.49. The molecule has 0 bridgehead atoms. The zero-order valence-corrected chi connectivity index (χ0v) is 14.1. The minimum absolute atomic E-state index is 0.108. The molecule has 23 heavy (non-hydrogen) atoms. The van der Waals surface area contributed by atoms with Crippen molar-refractivity contribution in [2.24, 2.45) is 5.92 Å². The van der Waals surface area contributed by atoms with E-state index in [9.17, 15) is 4.79 Å². The molecule has 2 unspecified atom stereocenters. The Morgan fingerprint density at radius 3 is 2.65 bits per heavy atom. The van der Waals surface area contributed by atoms with Gasteiger partial charge >= 0.3 is 0 Å². The summed E-state index contributed by atoms with van der Waals surface area (Å²) in [5.74, 6) is 1.68. The third-order valence-corrected chi connectivity index (χ3v) is 5.15. The van der Waals surface area contributed by atoms with Crippen LogP contribution < -0.4 is 5.32 Å². The molecule has 0 spiro atoms. The van der Waals surface area contributed by atoms with Crippen LogP contribution >= 0.6 is 0 Å². The number of aromatic nitrogens is 1. The highest BCUT2D eigenvalue weighted by Gasteiger charge is 2.25. The molecular formula is C18H27N3O2. The normalized spacial score (nSPS) is 25.6. The summed E-state index contributed by atoms with van der Waals surface area (Å²) in [5.41, 5.74) is 0.686. The molecule has 5 heteroatoms. The molecule has 5 nitrogen and oxygen atoms in total. The standard InChI is InChI=1S/C18H27N3O2/c1-13-7-9-21(10-8-13)18(22)14-3-6-17(19-12-14)20-15-4-5-16(11-15)23-2/h3,6,12-13,15-16H,4-5,7-11H2,1-2H3,(H,19,20). The molecule has 3 rings (SSSR count). The van der Waals surface area contributed by atoms with E-state index in [4.69, 9.17) is 4.74 Å². The van der Waals surface area contributed by atoms with Crippen LogP contribution in [0.2, 0.25) is 0 Å². The van der Waals surface area contributed by atoms with Gasteiger partial charge in [-0.25, -0.2) is 4.98 Å². The molecule has 1 aliphatic heterocycles. The maximum atomic E-state index is 12.5. The summed E-state index contributed by atoms with van der Waals surface area (Å²) in [6, 6.07) is 4.22. The predicted octanol–water partition coefficient (Wildman–Crippen LogP) is 2.93. The van der Waals surface area contributed by atoms with Gasteiger partial charge in [-0.3, -0.25) is 4.79 Å². The van der Waals surface area contributed by atoms with E-state index in [-0.39, 0.29) is 5.91 Å². The van der Waals surface area contributed by atoms with Gasteiger partial charge in [-0.2, -0.15) is 0 Å². The fraction of sp³-hybridized carbons (Fsp3) is 0.667. The second kappa shape index (κ2) is 7.30. The van der Waals surface area contributed by atoms with Crippen LogP contribution in [0.1, 0.15) is 49.4 Å². The summed E-state index contributed by atoms with van der Waals surface area (Å²) < 4.78 is 5.39. The Bertz CT molecular complexity index is 524. The van der Waals surface area contributed by atoms with E-state index in [0.717, 1.165) is 56.9 Å². The Kier molecular flexibility index (Phi) is 5.16. The Hall–Kier alpha value is -1.62. The minimum atomic E-state index is 0.108. The van der Waals surface area contributed by atoms with Crippen molar-refractivity contribution in [2.45, 2.75) is 51.2 Å². The number of nitrogens with one attached hydrogen (secondary N) is 1. The molecule has 1 N–H and O–H groups in total. The number of likely N-dealkylation sites (tertiary alicyclic amines) is 1. The Morgan fingerprint density at radius 1 is 1.26 bits per heavy atom. The van der Waals surface area contributed by atoms with Gasteiger partial charge in [-0.05, 0) is 50.2 Å². The summed E-state index contributed by atoms with van der Waals surface area (Å²) in [5, 5.41) is 3.44. The molecule has 1 aromatic heterocycles. The minimum Gasteiger partial charge on any atom is -0.381 e. The van der Waals surface area contributed by atoms with Crippen LogP contribution in [0.5, 0.6) is 0 Å². The summed E-state index contributed by atoms with van der Waals surface area (Å²) in [4.78, 5) is 18.9. The largest absolute Gasteiger partial charge is 0.381 e. The highest BCUT2D eigenvalue weighted by molar-refractivity contribution is 5.94. The third kappa shape index (κ3) is 4.02. The lowest BCUT2D eigenvalue weighted by Gasteiger charge is -2.30. The average Bonchev–Trinajstić information content (AvgIpc) is 3.03. The Labute approximate surface area is 138 Å². The molecule has 1 saturated heterocycles. The van der Waals surface area contributed by atoms with E-state index in [1.807, 2.05) is 17.0 Å². The van der Waals surface area contributed by atoms with Crippen LogP contribution in [0.3, 0.4) is 0 Å². The Morgan fingerprint density at radius 2 is 2.04 bits per heavy atom. The number of nitrogens with zero attached hydrogens (tertiary/aromatic N) is 2. The van der Waals surface area contributed by atoms with Crippen molar-refractivity contribution in [2.75, 3.05) is 25.5 Å². The smallest absolute Gasteiger partial charge is 0.255 e. The molecule has 2 aliphatic rings. The Balaban J connectivity index is 1.55. The molecule has 1 aromatic rings. The first-order valence-electron chi connectivity index (χ1n) is 8.70. The molecule has 2 atom stereocenters. The monoisotopic (exact) mass is 317 g/mol. The highest BCUT2D eigenvalue weighted by atomic mass is 16.5. The second-order valence-electron chi connectivity index (χ2n) is 6.92. The highest BCUT2D eigenvalue weighted by Crippen LogP contribution is 2.24. The number of rotatable bonds is 4. The topological polar surface area (TPSA) is 54.5 Å². The van der Waals surface area contributed by atoms with Crippen molar-refractivity contribution in [3.8, 4) is 0 Å². The summed E-state index contributed by atoms with van der Waals surface area (Å²) in [6.45, 7) is 3.97. The number of ether oxygens (including phenoxy) is 1. The predicted molar refractivity (Wildman–Crippen MR) is 90.6 cm³/mol. The van der Waals surface area contributed by atoms with Gasteiger partial charge in [0.25, 0.3) is 5.91 Å². The van der Waals surface area contributed by atoms with Gasteiger partial charge < -0.3 is 15.0 Å². The summed E-state index contributed by atoms with van der Waals surface area (Å²) in [7, 11) is 1.77. The van der Waals surface area contributed by atoms with E-state index in [1.165, 1.54) is 0 Å². The van der Waals surface area contributed by atoms with Gasteiger partial charge in [0.15, 0.2) is 0 Å². The van der Waals surface area contributed by atoms with Crippen LogP contribution in [0, 0.1) is 5.92 Å². The summed E-state index contributed by atoms with van der Waals surface area (Å²) in [6.07, 6.45) is 7.47. The van der Waals surface area contributed by atoms with Crippen molar-refractivity contribution in [3.05, 3.63) is 23.9 Å². The number of hydrogen-bond donors (Lipinski definition) is 1. The number of piperidine rings is 1. The van der Waals surface area contributed by atoms with Crippen molar-refractivity contribution in [3.63, 3.8) is 0 Å². The van der Waals surface area contributed by atoms with E-state index in [1.54, 1.807) is 13.3 Å². The maximum Gasteiger partial charge on any atom is 0.255 e. The van der Waals surface area contributed by atoms with Crippen LogP contribution in [0.15, 0.2) is 18.3 Å². The number of carbonyl (C=O) groups is 1. The van der Waals surface area contributed by atoms with Crippen molar-refractivity contribution in [1.82, 2.24) is 9.88 Å². The first-order valence-corrected chi connectivity index (χ1v) is 8.70. The molecule has 2 heterocycles. The molecule has 1 saturated carbocycles. The van der Waals surface area contributed by atoms with Crippen LogP contribution in [-0.4, -0.2) is 48.1 Å². The molecule has 2 fully saturated rings. The number of methoxy groups -OCH3 is 1. The van der Waals surface area contributed by atoms with Gasteiger partial charge in [-0.1, -0.05) is 6.92 Å². The lowest BCUT2D eigenvalue weighted by Crippen LogP contribution is -2.37. The molecule has 1 aliphatic carbocycles. The zero-order valence-electron chi connectivity index (χ0n) is 14.1. The zero-order chi connectivity index (χ0) is 16.2. The van der Waals surface area contributed by atoms with E-state index in [2.05, 4.69) is 17.2 Å². The number of amides is 1. The molecular weight excluding hydrogens is 290 g/mol. The second-order valence-corrected chi connectivity index (χ2v) is 6.92. The lowest BCUT2D eigenvalue weighted by molar-refractivity contribution is 0.0697. The number of carbonyl (C=O) groups excluding carboxylic acids is 1. The number of pyridine rings is 1. The summed E-state index contributed by atoms with van der Waals surface area (Å²) >= 11 is 0. The van der Waals surface area contributed by atoms with Gasteiger partial charge in [-0.15, -0.1) is 0 Å². The lowest BCUT2D eigenvalue weighted by atomic mass is 9.99. The van der Waals surface area contributed by atoms with E-state index < -0.39 is 0 Å². The number of hydrogen-bond acceptors (Lipinski definition) is 4. The molecule has 0 aromatic carbocycles. The molecule has 126 valence electrons. The van der Waals surface area contributed by atoms with E-state index >= 15 is 0 Å². The molecule has 0 radical (unpaired) electrons. The van der Waals surface area contributed by atoms with Gasteiger partial charge in [0.2, 0.25) is 0 Å². The average molecular weight is 317 g/mol.